The lowest BCUT2D eigenvalue weighted by atomic mass is 10.1. The van der Waals surface area contributed by atoms with E-state index < -0.39 is 16.0 Å². The third-order valence-electron chi connectivity index (χ3n) is 5.58. The van der Waals surface area contributed by atoms with Crippen LogP contribution in [0.4, 0.5) is 10.1 Å². The zero-order valence-electron chi connectivity index (χ0n) is 18.1. The minimum absolute atomic E-state index is 0.0371. The molecule has 0 spiro atoms. The van der Waals surface area contributed by atoms with Gasteiger partial charge >= 0.3 is 10.2 Å². The second-order valence-electron chi connectivity index (χ2n) is 7.70. The Hall–Kier alpha value is -2.73. The summed E-state index contributed by atoms with van der Waals surface area (Å²) >= 11 is 6.35. The Morgan fingerprint density at radius 3 is 2.73 bits per heavy atom. The van der Waals surface area contributed by atoms with Gasteiger partial charge in [0.15, 0.2) is 11.6 Å². The van der Waals surface area contributed by atoms with Crippen molar-refractivity contribution in [2.75, 3.05) is 24.9 Å². The van der Waals surface area contributed by atoms with E-state index >= 15 is 0 Å². The van der Waals surface area contributed by atoms with Gasteiger partial charge in [-0.2, -0.15) is 12.7 Å². The van der Waals surface area contributed by atoms with Gasteiger partial charge in [0.25, 0.3) is 5.56 Å². The molecule has 0 bridgehead atoms. The molecule has 1 N–H and O–H groups in total. The summed E-state index contributed by atoms with van der Waals surface area (Å²) in [5.41, 5.74) is 0.599. The first-order valence-electron chi connectivity index (χ1n) is 10.0. The largest absolute Gasteiger partial charge is 0.452 e. The quantitative estimate of drug-likeness (QED) is 0.562. The molecule has 0 radical (unpaired) electrons. The van der Waals surface area contributed by atoms with Crippen LogP contribution in [0.3, 0.4) is 0 Å². The van der Waals surface area contributed by atoms with E-state index in [1.54, 1.807) is 26.1 Å². The number of nitrogens with zero attached hydrogens (tertiary/aromatic N) is 3. The van der Waals surface area contributed by atoms with Crippen LogP contribution in [0.25, 0.3) is 10.9 Å². The van der Waals surface area contributed by atoms with Gasteiger partial charge in [-0.05, 0) is 37.6 Å². The van der Waals surface area contributed by atoms with E-state index in [-0.39, 0.29) is 47.0 Å². The van der Waals surface area contributed by atoms with Crippen LogP contribution in [-0.2, 0) is 22.0 Å². The van der Waals surface area contributed by atoms with E-state index in [1.165, 1.54) is 28.4 Å². The molecule has 1 saturated heterocycles. The number of nitrogens with one attached hydrogen (secondary N) is 1. The third kappa shape index (κ3) is 4.41. The van der Waals surface area contributed by atoms with Crippen molar-refractivity contribution in [1.82, 2.24) is 13.9 Å². The molecule has 176 valence electrons. The molecule has 0 aliphatic carbocycles. The Balaban J connectivity index is 1.68. The maximum atomic E-state index is 14.6. The number of halogens is 2. The van der Waals surface area contributed by atoms with E-state index in [1.807, 2.05) is 0 Å². The van der Waals surface area contributed by atoms with Crippen LogP contribution in [0.2, 0.25) is 5.02 Å². The molecule has 3 aromatic rings. The summed E-state index contributed by atoms with van der Waals surface area (Å²) in [5.74, 6) is -0.964. The lowest BCUT2D eigenvalue weighted by Crippen LogP contribution is -2.35. The molecule has 1 aliphatic heterocycles. The van der Waals surface area contributed by atoms with Gasteiger partial charge in [0.1, 0.15) is 10.8 Å². The van der Waals surface area contributed by atoms with Crippen molar-refractivity contribution in [2.45, 2.75) is 19.4 Å². The van der Waals surface area contributed by atoms with Crippen molar-refractivity contribution in [3.8, 4) is 11.5 Å². The molecule has 2 heterocycles. The molecule has 1 aromatic heterocycles. The minimum Gasteiger partial charge on any atom is -0.452 e. The smallest absolute Gasteiger partial charge is 0.301 e. The van der Waals surface area contributed by atoms with Crippen LogP contribution in [0.1, 0.15) is 12.0 Å². The maximum absolute atomic E-state index is 14.6. The van der Waals surface area contributed by atoms with Crippen molar-refractivity contribution in [1.29, 1.82) is 0 Å². The fraction of sp³-hybridized carbons (Fsp3) is 0.333. The predicted octanol–water partition coefficient (Wildman–Crippen LogP) is 3.20. The first kappa shape index (κ1) is 23.4. The summed E-state index contributed by atoms with van der Waals surface area (Å²) in [4.78, 5) is 16.8. The lowest BCUT2D eigenvalue weighted by Gasteiger charge is -2.19. The van der Waals surface area contributed by atoms with E-state index in [4.69, 9.17) is 21.1 Å². The first-order chi connectivity index (χ1) is 15.6. The van der Waals surface area contributed by atoms with Gasteiger partial charge in [-0.25, -0.2) is 9.37 Å². The first-order valence-corrected chi connectivity index (χ1v) is 11.9. The predicted molar refractivity (Wildman–Crippen MR) is 123 cm³/mol. The van der Waals surface area contributed by atoms with Gasteiger partial charge in [0.05, 0.1) is 29.0 Å². The van der Waals surface area contributed by atoms with Crippen LogP contribution in [0, 0.1) is 12.7 Å². The number of hydrogen-bond donors (Lipinski definition) is 1. The fourth-order valence-corrected chi connectivity index (χ4v) is 5.25. The molecular weight excluding hydrogens is 475 g/mol. The molecule has 1 fully saturated rings. The highest BCUT2D eigenvalue weighted by molar-refractivity contribution is 7.90. The zero-order valence-corrected chi connectivity index (χ0v) is 19.7. The van der Waals surface area contributed by atoms with Crippen molar-refractivity contribution in [3.05, 3.63) is 57.3 Å². The number of aromatic nitrogens is 2. The van der Waals surface area contributed by atoms with E-state index in [0.717, 1.165) is 6.07 Å². The van der Waals surface area contributed by atoms with E-state index in [0.29, 0.717) is 22.9 Å². The number of methoxy groups -OCH3 is 1. The molecule has 9 nitrogen and oxygen atoms in total. The normalized spacial score (nSPS) is 16.9. The van der Waals surface area contributed by atoms with Crippen LogP contribution < -0.4 is 15.0 Å². The molecule has 1 aliphatic rings. The summed E-state index contributed by atoms with van der Waals surface area (Å²) in [6.45, 7) is 2.14. The summed E-state index contributed by atoms with van der Waals surface area (Å²) in [5, 5.41) is 0.0762. The lowest BCUT2D eigenvalue weighted by molar-refractivity contribution is 0.115. The summed E-state index contributed by atoms with van der Waals surface area (Å²) in [7, 11) is -0.844. The summed E-state index contributed by atoms with van der Waals surface area (Å²) in [6.07, 6.45) is 1.78. The topological polar surface area (TPSA) is 103 Å². The van der Waals surface area contributed by atoms with Gasteiger partial charge in [-0.3, -0.25) is 9.52 Å². The number of aryl methyl sites for hydroxylation is 2. The Kier molecular flexibility index (Phi) is 6.32. The molecule has 0 unspecified atom stereocenters. The second kappa shape index (κ2) is 8.90. The highest BCUT2D eigenvalue weighted by atomic mass is 35.5. The maximum Gasteiger partial charge on any atom is 0.301 e. The van der Waals surface area contributed by atoms with Crippen LogP contribution in [0.5, 0.6) is 11.5 Å². The standard InChI is InChI=1S/C21H22ClFN4O5S/c1-12-17(7-6-15-18(12)21(28)26(2)11-24-15)32-20-14(23)4-5-16(19(20)22)25-33(29,30)27-9-8-13(10-27)31-3/h4-7,11,13,25H,8-10H2,1-3H3/t13-/m1/s1. The summed E-state index contributed by atoms with van der Waals surface area (Å²) in [6, 6.07) is 5.40. The molecule has 0 amide bonds. The SMILES string of the molecule is CO[C@@H]1CCN(S(=O)(=O)Nc2ccc(F)c(Oc3ccc4ncn(C)c(=O)c4c3C)c2Cl)C1. The molecule has 0 saturated carbocycles. The number of hydrogen-bond acceptors (Lipinski definition) is 6. The van der Waals surface area contributed by atoms with E-state index in [9.17, 15) is 17.6 Å². The zero-order chi connectivity index (χ0) is 23.9. The van der Waals surface area contributed by atoms with Gasteiger partial charge in [0, 0.05) is 32.8 Å². The van der Waals surface area contributed by atoms with Crippen molar-refractivity contribution < 1.29 is 22.3 Å². The molecular formula is C21H22ClFN4O5S. The van der Waals surface area contributed by atoms with Gasteiger partial charge in [-0.15, -0.1) is 0 Å². The van der Waals surface area contributed by atoms with Crippen molar-refractivity contribution in [2.24, 2.45) is 7.05 Å². The number of fused-ring (bicyclic) bond motifs is 1. The summed E-state index contributed by atoms with van der Waals surface area (Å²) < 4.78 is 56.1. The molecule has 12 heteroatoms. The van der Waals surface area contributed by atoms with Crippen molar-refractivity contribution in [3.63, 3.8) is 0 Å². The second-order valence-corrected chi connectivity index (χ2v) is 9.74. The Morgan fingerprint density at radius 2 is 2.03 bits per heavy atom. The Labute approximate surface area is 194 Å². The number of rotatable bonds is 6. The van der Waals surface area contributed by atoms with Crippen molar-refractivity contribution >= 4 is 38.4 Å². The molecule has 1 atom stereocenters. The van der Waals surface area contributed by atoms with Crippen LogP contribution in [0.15, 0.2) is 35.4 Å². The third-order valence-corrected chi connectivity index (χ3v) is 7.44. The highest BCUT2D eigenvalue weighted by Crippen LogP contribution is 2.39. The minimum atomic E-state index is -3.94. The van der Waals surface area contributed by atoms with Gasteiger partial charge in [0.2, 0.25) is 0 Å². The number of benzene rings is 2. The highest BCUT2D eigenvalue weighted by Gasteiger charge is 2.32. The van der Waals surface area contributed by atoms with Crippen LogP contribution >= 0.6 is 11.6 Å². The average Bonchev–Trinajstić information content (AvgIpc) is 3.27. The number of ether oxygens (including phenoxy) is 2. The Bertz CT molecular complexity index is 1400. The number of anilines is 1. The fourth-order valence-electron chi connectivity index (χ4n) is 3.67. The Morgan fingerprint density at radius 1 is 1.27 bits per heavy atom. The monoisotopic (exact) mass is 496 g/mol. The van der Waals surface area contributed by atoms with Gasteiger partial charge in [-0.1, -0.05) is 11.6 Å². The average molecular weight is 497 g/mol. The molecule has 33 heavy (non-hydrogen) atoms. The molecule has 2 aromatic carbocycles. The van der Waals surface area contributed by atoms with Crippen LogP contribution in [-0.4, -0.2) is 48.6 Å². The van der Waals surface area contributed by atoms with E-state index in [2.05, 4.69) is 9.71 Å². The van der Waals surface area contributed by atoms with Gasteiger partial charge < -0.3 is 14.0 Å². The molecule has 4 rings (SSSR count).